The summed E-state index contributed by atoms with van der Waals surface area (Å²) in [6, 6.07) is 5.64. The van der Waals surface area contributed by atoms with Gasteiger partial charge in [-0.15, -0.1) is 0 Å². The molecule has 3 nitrogen and oxygen atoms in total. The molecule has 1 aromatic carbocycles. The molecule has 15 heavy (non-hydrogen) atoms. The van der Waals surface area contributed by atoms with Crippen LogP contribution < -0.4 is 5.32 Å². The van der Waals surface area contributed by atoms with Gasteiger partial charge in [-0.25, -0.2) is 0 Å². The van der Waals surface area contributed by atoms with E-state index in [2.05, 4.69) is 19.2 Å². The van der Waals surface area contributed by atoms with Gasteiger partial charge < -0.3 is 14.8 Å². The van der Waals surface area contributed by atoms with E-state index in [0.29, 0.717) is 6.04 Å². The number of hydrogen-bond acceptors (Lipinski definition) is 3. The number of phenols is 1. The first kappa shape index (κ1) is 10.1. The molecule has 0 amide bonds. The Morgan fingerprint density at radius 2 is 2.20 bits per heavy atom. The van der Waals surface area contributed by atoms with Crippen LogP contribution in [0.25, 0.3) is 11.0 Å². The van der Waals surface area contributed by atoms with Gasteiger partial charge in [-0.2, -0.15) is 0 Å². The minimum atomic E-state index is 0.236. The molecule has 80 valence electrons. The van der Waals surface area contributed by atoms with Crippen LogP contribution >= 0.6 is 0 Å². The van der Waals surface area contributed by atoms with Crippen molar-refractivity contribution < 1.29 is 9.52 Å². The Morgan fingerprint density at radius 3 is 2.93 bits per heavy atom. The molecule has 0 aliphatic heterocycles. The first-order valence-electron chi connectivity index (χ1n) is 5.09. The van der Waals surface area contributed by atoms with Crippen molar-refractivity contribution in [2.24, 2.45) is 0 Å². The van der Waals surface area contributed by atoms with E-state index in [4.69, 9.17) is 4.42 Å². The molecule has 0 atom stereocenters. The molecule has 0 saturated heterocycles. The van der Waals surface area contributed by atoms with Gasteiger partial charge in [0.15, 0.2) is 0 Å². The monoisotopic (exact) mass is 205 g/mol. The van der Waals surface area contributed by atoms with Crippen molar-refractivity contribution in [2.45, 2.75) is 26.4 Å². The van der Waals surface area contributed by atoms with Crippen LogP contribution in [0.3, 0.4) is 0 Å². The number of furan rings is 1. The van der Waals surface area contributed by atoms with Gasteiger partial charge in [-0.05, 0) is 12.1 Å². The summed E-state index contributed by atoms with van der Waals surface area (Å²) >= 11 is 0. The summed E-state index contributed by atoms with van der Waals surface area (Å²) in [4.78, 5) is 0. The predicted molar refractivity (Wildman–Crippen MR) is 59.9 cm³/mol. The second-order valence-corrected chi connectivity index (χ2v) is 3.98. The molecule has 2 N–H and O–H groups in total. The standard InChI is InChI=1S/C12H15NO2/c1-8(2)13-6-9-7-15-12-5-10(14)3-4-11(9)12/h3-5,7-8,13-14H,6H2,1-2H3. The minimum Gasteiger partial charge on any atom is -0.508 e. The summed E-state index contributed by atoms with van der Waals surface area (Å²) in [5.74, 6) is 0.236. The quantitative estimate of drug-likeness (QED) is 0.809. The molecule has 1 aromatic heterocycles. The lowest BCUT2D eigenvalue weighted by molar-refractivity contribution is 0.474. The van der Waals surface area contributed by atoms with Crippen LogP contribution in [0.1, 0.15) is 19.4 Å². The zero-order chi connectivity index (χ0) is 10.8. The average Bonchev–Trinajstić information content (AvgIpc) is 2.57. The van der Waals surface area contributed by atoms with E-state index in [9.17, 15) is 5.11 Å². The van der Waals surface area contributed by atoms with Crippen molar-refractivity contribution in [3.63, 3.8) is 0 Å². The second kappa shape index (κ2) is 3.95. The molecule has 3 heteroatoms. The number of hydrogen-bond donors (Lipinski definition) is 2. The van der Waals surface area contributed by atoms with E-state index in [1.165, 1.54) is 0 Å². The zero-order valence-corrected chi connectivity index (χ0v) is 8.95. The first-order valence-corrected chi connectivity index (χ1v) is 5.09. The number of nitrogens with one attached hydrogen (secondary N) is 1. The van der Waals surface area contributed by atoms with Crippen LogP contribution in [0.5, 0.6) is 5.75 Å². The van der Waals surface area contributed by atoms with Crippen LogP contribution in [0.2, 0.25) is 0 Å². The molecule has 0 fully saturated rings. The summed E-state index contributed by atoms with van der Waals surface area (Å²) in [6.45, 7) is 5.00. The highest BCUT2D eigenvalue weighted by Gasteiger charge is 2.06. The average molecular weight is 205 g/mol. The maximum Gasteiger partial charge on any atom is 0.137 e. The second-order valence-electron chi connectivity index (χ2n) is 3.98. The summed E-state index contributed by atoms with van der Waals surface area (Å²) in [7, 11) is 0. The highest BCUT2D eigenvalue weighted by Crippen LogP contribution is 2.24. The summed E-state index contributed by atoms with van der Waals surface area (Å²) in [5, 5.41) is 13.7. The molecule has 0 radical (unpaired) electrons. The predicted octanol–water partition coefficient (Wildman–Crippen LogP) is 2.64. The molecule has 0 aliphatic carbocycles. The normalized spacial score (nSPS) is 11.4. The van der Waals surface area contributed by atoms with E-state index < -0.39 is 0 Å². The van der Waals surface area contributed by atoms with Gasteiger partial charge in [0, 0.05) is 29.6 Å². The maximum absolute atomic E-state index is 9.28. The lowest BCUT2D eigenvalue weighted by Gasteiger charge is -2.05. The number of aromatic hydroxyl groups is 1. The number of fused-ring (bicyclic) bond motifs is 1. The van der Waals surface area contributed by atoms with E-state index in [-0.39, 0.29) is 5.75 Å². The number of phenolic OH excluding ortho intramolecular Hbond substituents is 1. The van der Waals surface area contributed by atoms with Gasteiger partial charge in [0.25, 0.3) is 0 Å². The Balaban J connectivity index is 2.29. The van der Waals surface area contributed by atoms with Crippen molar-refractivity contribution in [1.29, 1.82) is 0 Å². The fourth-order valence-corrected chi connectivity index (χ4v) is 1.52. The Hall–Kier alpha value is -1.48. The molecule has 1 heterocycles. The summed E-state index contributed by atoms with van der Waals surface area (Å²) < 4.78 is 5.36. The Labute approximate surface area is 88.7 Å². The third-order valence-electron chi connectivity index (χ3n) is 2.34. The van der Waals surface area contributed by atoms with E-state index in [0.717, 1.165) is 23.1 Å². The molecular formula is C12H15NO2. The first-order chi connectivity index (χ1) is 7.16. The van der Waals surface area contributed by atoms with Gasteiger partial charge in [-0.3, -0.25) is 0 Å². The van der Waals surface area contributed by atoms with Crippen molar-refractivity contribution in [1.82, 2.24) is 5.32 Å². The molecule has 0 aliphatic rings. The third kappa shape index (κ3) is 2.13. The zero-order valence-electron chi connectivity index (χ0n) is 8.95. The molecule has 0 spiro atoms. The fraction of sp³-hybridized carbons (Fsp3) is 0.333. The molecule has 0 bridgehead atoms. The Bertz CT molecular complexity index is 460. The number of benzene rings is 1. The molecule has 2 rings (SSSR count). The van der Waals surface area contributed by atoms with Gasteiger partial charge >= 0.3 is 0 Å². The SMILES string of the molecule is CC(C)NCc1coc2cc(O)ccc12. The van der Waals surface area contributed by atoms with Crippen LogP contribution in [-0.4, -0.2) is 11.1 Å². The topological polar surface area (TPSA) is 45.4 Å². The third-order valence-corrected chi connectivity index (χ3v) is 2.34. The molecule has 0 saturated carbocycles. The van der Waals surface area contributed by atoms with Crippen molar-refractivity contribution in [3.8, 4) is 5.75 Å². The molecule has 2 aromatic rings. The van der Waals surface area contributed by atoms with E-state index >= 15 is 0 Å². The smallest absolute Gasteiger partial charge is 0.137 e. The largest absolute Gasteiger partial charge is 0.508 e. The lowest BCUT2D eigenvalue weighted by Crippen LogP contribution is -2.21. The minimum absolute atomic E-state index is 0.236. The van der Waals surface area contributed by atoms with Crippen molar-refractivity contribution in [3.05, 3.63) is 30.0 Å². The fourth-order valence-electron chi connectivity index (χ4n) is 1.52. The Kier molecular flexibility index (Phi) is 2.64. The van der Waals surface area contributed by atoms with Crippen LogP contribution in [0.4, 0.5) is 0 Å². The Morgan fingerprint density at radius 1 is 1.40 bits per heavy atom. The lowest BCUT2D eigenvalue weighted by atomic mass is 10.1. The summed E-state index contributed by atoms with van der Waals surface area (Å²) in [6.07, 6.45) is 1.74. The van der Waals surface area contributed by atoms with Crippen molar-refractivity contribution in [2.75, 3.05) is 0 Å². The van der Waals surface area contributed by atoms with Crippen LogP contribution in [-0.2, 0) is 6.54 Å². The van der Waals surface area contributed by atoms with Crippen molar-refractivity contribution >= 4 is 11.0 Å². The van der Waals surface area contributed by atoms with Gasteiger partial charge in [0.05, 0.1) is 6.26 Å². The van der Waals surface area contributed by atoms with Gasteiger partial charge in [0.2, 0.25) is 0 Å². The van der Waals surface area contributed by atoms with Crippen LogP contribution in [0, 0.1) is 0 Å². The summed E-state index contributed by atoms with van der Waals surface area (Å²) in [5.41, 5.74) is 1.86. The molecule has 0 unspecified atom stereocenters. The number of rotatable bonds is 3. The molecular weight excluding hydrogens is 190 g/mol. The highest BCUT2D eigenvalue weighted by atomic mass is 16.3. The van der Waals surface area contributed by atoms with Gasteiger partial charge in [0.1, 0.15) is 11.3 Å². The maximum atomic E-state index is 9.28. The van der Waals surface area contributed by atoms with Crippen LogP contribution in [0.15, 0.2) is 28.9 Å². The highest BCUT2D eigenvalue weighted by molar-refractivity contribution is 5.82. The van der Waals surface area contributed by atoms with E-state index in [1.807, 2.05) is 6.07 Å². The van der Waals surface area contributed by atoms with Gasteiger partial charge in [-0.1, -0.05) is 13.8 Å². The van der Waals surface area contributed by atoms with E-state index in [1.54, 1.807) is 18.4 Å².